The van der Waals surface area contributed by atoms with Gasteiger partial charge in [-0.15, -0.1) is 0 Å². The molecule has 1 nitrogen and oxygen atoms in total. The Balaban J connectivity index is 2.05. The molecule has 0 fully saturated rings. The molecule has 1 aliphatic carbocycles. The largest absolute Gasteiger partial charge is 0.507 e. The number of phenols is 1. The van der Waals surface area contributed by atoms with Crippen LogP contribution in [0.1, 0.15) is 75.3 Å². The lowest BCUT2D eigenvalue weighted by molar-refractivity contribution is 0.437. The standard InChI is InChI=1S/C27H30O/c1-26(2,3)17-15-22(25(28)23(16-17)27(4,5)6)24-20-13-9-7-11-18(20)19-12-8-10-14-21(19)24/h7-16,24,28H,1-6H3. The van der Waals surface area contributed by atoms with Gasteiger partial charge in [-0.1, -0.05) is 102 Å². The summed E-state index contributed by atoms with van der Waals surface area (Å²) >= 11 is 0. The molecule has 28 heavy (non-hydrogen) atoms. The normalized spacial score (nSPS) is 14.1. The molecular weight excluding hydrogens is 340 g/mol. The van der Waals surface area contributed by atoms with Crippen LogP contribution < -0.4 is 0 Å². The number of benzene rings is 3. The third-order valence-electron chi connectivity index (χ3n) is 5.96. The van der Waals surface area contributed by atoms with Crippen molar-refractivity contribution in [2.75, 3.05) is 0 Å². The van der Waals surface area contributed by atoms with Gasteiger partial charge in [0.25, 0.3) is 0 Å². The lowest BCUT2D eigenvalue weighted by Crippen LogP contribution is -2.18. The number of phenolic OH excluding ortho intramolecular Hbond substituents is 1. The molecule has 3 aromatic rings. The van der Waals surface area contributed by atoms with E-state index >= 15 is 0 Å². The van der Waals surface area contributed by atoms with Crippen LogP contribution in [0.15, 0.2) is 60.7 Å². The minimum absolute atomic E-state index is 0.0140. The molecule has 144 valence electrons. The monoisotopic (exact) mass is 370 g/mol. The Kier molecular flexibility index (Phi) is 4.19. The zero-order valence-corrected chi connectivity index (χ0v) is 17.8. The fraction of sp³-hybridized carbons (Fsp3) is 0.333. The molecule has 0 amide bonds. The Bertz CT molecular complexity index is 999. The lowest BCUT2D eigenvalue weighted by Gasteiger charge is -2.29. The summed E-state index contributed by atoms with van der Waals surface area (Å²) in [7, 11) is 0. The first kappa shape index (κ1) is 18.8. The van der Waals surface area contributed by atoms with Crippen molar-refractivity contribution in [3.05, 3.63) is 88.5 Å². The maximum absolute atomic E-state index is 11.4. The molecule has 0 saturated carbocycles. The Labute approximate surface area is 169 Å². The van der Waals surface area contributed by atoms with E-state index in [1.807, 2.05) is 0 Å². The average Bonchev–Trinajstić information content (AvgIpc) is 2.94. The van der Waals surface area contributed by atoms with E-state index in [2.05, 4.69) is 102 Å². The molecule has 1 N–H and O–H groups in total. The summed E-state index contributed by atoms with van der Waals surface area (Å²) in [6.07, 6.45) is 0. The first-order chi connectivity index (χ1) is 13.1. The Morgan fingerprint density at radius 1 is 0.643 bits per heavy atom. The van der Waals surface area contributed by atoms with Crippen LogP contribution in [0.25, 0.3) is 11.1 Å². The molecule has 1 aliphatic rings. The number of hydrogen-bond acceptors (Lipinski definition) is 1. The van der Waals surface area contributed by atoms with Gasteiger partial charge in [0.1, 0.15) is 5.75 Å². The Hall–Kier alpha value is -2.54. The molecule has 1 heteroatoms. The summed E-state index contributed by atoms with van der Waals surface area (Å²) in [4.78, 5) is 0. The second-order valence-corrected chi connectivity index (χ2v) is 10.1. The van der Waals surface area contributed by atoms with Crippen molar-refractivity contribution in [2.24, 2.45) is 0 Å². The molecule has 0 radical (unpaired) electrons. The molecule has 0 atom stereocenters. The van der Waals surface area contributed by atoms with Crippen molar-refractivity contribution < 1.29 is 5.11 Å². The first-order valence-electron chi connectivity index (χ1n) is 10.1. The highest BCUT2D eigenvalue weighted by Gasteiger charge is 2.34. The summed E-state index contributed by atoms with van der Waals surface area (Å²) < 4.78 is 0. The van der Waals surface area contributed by atoms with Crippen molar-refractivity contribution >= 4 is 0 Å². The van der Waals surface area contributed by atoms with Gasteiger partial charge in [0.15, 0.2) is 0 Å². The van der Waals surface area contributed by atoms with Crippen LogP contribution in [0.5, 0.6) is 5.75 Å². The zero-order chi connectivity index (χ0) is 20.3. The van der Waals surface area contributed by atoms with E-state index in [0.717, 1.165) is 11.1 Å². The molecule has 0 aliphatic heterocycles. The molecule has 0 aromatic heterocycles. The average molecular weight is 371 g/mol. The molecule has 0 heterocycles. The molecule has 0 saturated heterocycles. The van der Waals surface area contributed by atoms with E-state index in [9.17, 15) is 5.11 Å². The minimum atomic E-state index is -0.127. The van der Waals surface area contributed by atoms with E-state index in [4.69, 9.17) is 0 Å². The number of aromatic hydroxyl groups is 1. The Morgan fingerprint density at radius 2 is 1.14 bits per heavy atom. The molecule has 3 aromatic carbocycles. The van der Waals surface area contributed by atoms with Gasteiger partial charge in [0.2, 0.25) is 0 Å². The molecule has 0 spiro atoms. The highest BCUT2D eigenvalue weighted by molar-refractivity contribution is 5.81. The van der Waals surface area contributed by atoms with Crippen molar-refractivity contribution in [3.8, 4) is 16.9 Å². The van der Waals surface area contributed by atoms with E-state index in [1.165, 1.54) is 27.8 Å². The summed E-state index contributed by atoms with van der Waals surface area (Å²) in [6.45, 7) is 13.3. The summed E-state index contributed by atoms with van der Waals surface area (Å²) in [5.74, 6) is 0.507. The second kappa shape index (κ2) is 6.24. The second-order valence-electron chi connectivity index (χ2n) is 10.1. The van der Waals surface area contributed by atoms with Crippen LogP contribution in [0.4, 0.5) is 0 Å². The zero-order valence-electron chi connectivity index (χ0n) is 17.8. The van der Waals surface area contributed by atoms with Gasteiger partial charge in [-0.05, 0) is 44.2 Å². The number of fused-ring (bicyclic) bond motifs is 3. The van der Waals surface area contributed by atoms with Gasteiger partial charge in [0.05, 0.1) is 0 Å². The van der Waals surface area contributed by atoms with Gasteiger partial charge >= 0.3 is 0 Å². The molecule has 4 rings (SSSR count). The predicted molar refractivity (Wildman–Crippen MR) is 118 cm³/mol. The number of rotatable bonds is 1. The SMILES string of the molecule is CC(C)(C)c1cc(C2c3ccccc3-c3ccccc32)c(O)c(C(C)(C)C)c1. The predicted octanol–water partition coefficient (Wildman–Crippen LogP) is 7.15. The summed E-state index contributed by atoms with van der Waals surface area (Å²) in [5.41, 5.74) is 8.33. The van der Waals surface area contributed by atoms with Crippen LogP contribution in [-0.2, 0) is 10.8 Å². The summed E-state index contributed by atoms with van der Waals surface area (Å²) in [6, 6.07) is 21.7. The van der Waals surface area contributed by atoms with Crippen molar-refractivity contribution in [2.45, 2.75) is 58.3 Å². The van der Waals surface area contributed by atoms with Crippen molar-refractivity contribution in [1.82, 2.24) is 0 Å². The van der Waals surface area contributed by atoms with E-state index in [0.29, 0.717) is 5.75 Å². The van der Waals surface area contributed by atoms with Crippen molar-refractivity contribution in [3.63, 3.8) is 0 Å². The summed E-state index contributed by atoms with van der Waals surface area (Å²) in [5, 5.41) is 11.4. The maximum atomic E-state index is 11.4. The van der Waals surface area contributed by atoms with Crippen LogP contribution in [0, 0.1) is 0 Å². The van der Waals surface area contributed by atoms with Gasteiger partial charge in [-0.2, -0.15) is 0 Å². The Morgan fingerprint density at radius 3 is 1.61 bits per heavy atom. The fourth-order valence-electron chi connectivity index (χ4n) is 4.37. The first-order valence-corrected chi connectivity index (χ1v) is 10.1. The van der Waals surface area contributed by atoms with E-state index in [1.54, 1.807) is 0 Å². The third kappa shape index (κ3) is 2.94. The maximum Gasteiger partial charge on any atom is 0.123 e. The highest BCUT2D eigenvalue weighted by Crippen LogP contribution is 2.51. The third-order valence-corrected chi connectivity index (χ3v) is 5.96. The lowest BCUT2D eigenvalue weighted by atomic mass is 9.76. The van der Waals surface area contributed by atoms with Gasteiger partial charge in [-0.25, -0.2) is 0 Å². The van der Waals surface area contributed by atoms with E-state index < -0.39 is 0 Å². The highest BCUT2D eigenvalue weighted by atomic mass is 16.3. The fourth-order valence-corrected chi connectivity index (χ4v) is 4.37. The van der Waals surface area contributed by atoms with Gasteiger partial charge in [0, 0.05) is 11.5 Å². The van der Waals surface area contributed by atoms with Crippen LogP contribution >= 0.6 is 0 Å². The van der Waals surface area contributed by atoms with Gasteiger partial charge < -0.3 is 5.11 Å². The number of hydrogen-bond donors (Lipinski definition) is 1. The van der Waals surface area contributed by atoms with Crippen molar-refractivity contribution in [1.29, 1.82) is 0 Å². The molecule has 0 bridgehead atoms. The van der Waals surface area contributed by atoms with Crippen LogP contribution in [0.2, 0.25) is 0 Å². The van der Waals surface area contributed by atoms with Crippen LogP contribution in [-0.4, -0.2) is 5.11 Å². The van der Waals surface area contributed by atoms with Crippen LogP contribution in [0.3, 0.4) is 0 Å². The smallest absolute Gasteiger partial charge is 0.123 e. The van der Waals surface area contributed by atoms with Gasteiger partial charge in [-0.3, -0.25) is 0 Å². The molecule has 0 unspecified atom stereocenters. The minimum Gasteiger partial charge on any atom is -0.507 e. The topological polar surface area (TPSA) is 20.2 Å². The quantitative estimate of drug-likeness (QED) is 0.377. The molecular formula is C27H30O. The van der Waals surface area contributed by atoms with E-state index in [-0.39, 0.29) is 16.7 Å².